The summed E-state index contributed by atoms with van der Waals surface area (Å²) in [5.41, 5.74) is 1.44. The highest BCUT2D eigenvalue weighted by molar-refractivity contribution is 5.95. The lowest BCUT2D eigenvalue weighted by atomic mass is 9.79. The van der Waals surface area contributed by atoms with Gasteiger partial charge in [-0.1, -0.05) is 19.1 Å². The SMILES string of the molecule is CC1C=C(C#N)C=CC1C1CCC(=O)c2cncn21. The van der Waals surface area contributed by atoms with Crippen LogP contribution in [0.15, 0.2) is 36.3 Å². The van der Waals surface area contributed by atoms with Crippen molar-refractivity contribution < 1.29 is 4.79 Å². The highest BCUT2D eigenvalue weighted by atomic mass is 16.1. The molecule has 1 aromatic heterocycles. The van der Waals surface area contributed by atoms with Gasteiger partial charge in [-0.05, 0) is 18.4 Å². The van der Waals surface area contributed by atoms with E-state index in [1.807, 2.05) is 16.7 Å². The molecule has 4 nitrogen and oxygen atoms in total. The number of ketones is 1. The lowest BCUT2D eigenvalue weighted by molar-refractivity contribution is 0.0928. The first-order chi connectivity index (χ1) is 9.20. The summed E-state index contributed by atoms with van der Waals surface area (Å²) in [5, 5.41) is 8.94. The van der Waals surface area contributed by atoms with Crippen LogP contribution in [0.2, 0.25) is 0 Å². The van der Waals surface area contributed by atoms with Crippen molar-refractivity contribution >= 4 is 5.78 Å². The lowest BCUT2D eigenvalue weighted by Gasteiger charge is -2.34. The Kier molecular flexibility index (Phi) is 2.83. The number of hydrogen-bond acceptors (Lipinski definition) is 3. The third-order valence-electron chi connectivity index (χ3n) is 4.10. The predicted octanol–water partition coefficient (Wildman–Crippen LogP) is 2.67. The molecule has 0 saturated carbocycles. The minimum absolute atomic E-state index is 0.175. The van der Waals surface area contributed by atoms with E-state index in [9.17, 15) is 4.79 Å². The van der Waals surface area contributed by atoms with Crippen molar-refractivity contribution in [1.82, 2.24) is 9.55 Å². The third kappa shape index (κ3) is 1.91. The smallest absolute Gasteiger partial charge is 0.180 e. The van der Waals surface area contributed by atoms with E-state index in [0.717, 1.165) is 12.0 Å². The number of nitrogens with zero attached hydrogens (tertiary/aromatic N) is 3. The Morgan fingerprint density at radius 1 is 1.53 bits per heavy atom. The van der Waals surface area contributed by atoms with Gasteiger partial charge in [0, 0.05) is 24.0 Å². The van der Waals surface area contributed by atoms with Crippen molar-refractivity contribution in [3.8, 4) is 6.07 Å². The minimum Gasteiger partial charge on any atom is -0.324 e. The average Bonchev–Trinajstić information content (AvgIpc) is 2.90. The first-order valence-electron chi connectivity index (χ1n) is 6.56. The van der Waals surface area contributed by atoms with Crippen LogP contribution in [0.3, 0.4) is 0 Å². The fourth-order valence-electron chi connectivity index (χ4n) is 3.10. The van der Waals surface area contributed by atoms with Crippen molar-refractivity contribution in [3.05, 3.63) is 42.0 Å². The molecule has 19 heavy (non-hydrogen) atoms. The van der Waals surface area contributed by atoms with Gasteiger partial charge in [0.2, 0.25) is 0 Å². The first kappa shape index (κ1) is 11.9. The molecular formula is C15H15N3O. The van der Waals surface area contributed by atoms with Gasteiger partial charge in [0.1, 0.15) is 5.69 Å². The Hall–Kier alpha value is -2.15. The first-order valence-corrected chi connectivity index (χ1v) is 6.56. The number of hydrogen-bond donors (Lipinski definition) is 0. The maximum atomic E-state index is 11.8. The second-order valence-electron chi connectivity index (χ2n) is 5.24. The third-order valence-corrected chi connectivity index (χ3v) is 4.10. The molecule has 0 radical (unpaired) electrons. The minimum atomic E-state index is 0.175. The molecule has 0 saturated heterocycles. The average molecular weight is 253 g/mol. The van der Waals surface area contributed by atoms with E-state index in [2.05, 4.69) is 24.1 Å². The Labute approximate surface area is 112 Å². The van der Waals surface area contributed by atoms with Gasteiger partial charge in [0.25, 0.3) is 0 Å². The molecule has 0 amide bonds. The van der Waals surface area contributed by atoms with E-state index >= 15 is 0 Å². The van der Waals surface area contributed by atoms with Crippen molar-refractivity contribution in [3.63, 3.8) is 0 Å². The van der Waals surface area contributed by atoms with Gasteiger partial charge < -0.3 is 4.57 Å². The summed E-state index contributed by atoms with van der Waals surface area (Å²) in [6.07, 6.45) is 10.8. The van der Waals surface area contributed by atoms with Crippen LogP contribution >= 0.6 is 0 Å². The van der Waals surface area contributed by atoms with E-state index < -0.39 is 0 Å². The van der Waals surface area contributed by atoms with E-state index in [-0.39, 0.29) is 11.8 Å². The van der Waals surface area contributed by atoms with E-state index in [0.29, 0.717) is 24.0 Å². The Morgan fingerprint density at radius 3 is 3.11 bits per heavy atom. The Balaban J connectivity index is 1.92. The van der Waals surface area contributed by atoms with Crippen LogP contribution in [-0.4, -0.2) is 15.3 Å². The molecule has 3 rings (SSSR count). The summed E-state index contributed by atoms with van der Waals surface area (Å²) in [6, 6.07) is 2.44. The zero-order valence-corrected chi connectivity index (χ0v) is 10.8. The molecular weight excluding hydrogens is 238 g/mol. The summed E-state index contributed by atoms with van der Waals surface area (Å²) in [4.78, 5) is 15.9. The number of Topliss-reactive ketones (excluding diaryl/α,β-unsaturated/α-hetero) is 1. The molecule has 0 spiro atoms. The van der Waals surface area contributed by atoms with E-state index in [1.54, 1.807) is 12.5 Å². The van der Waals surface area contributed by atoms with E-state index in [1.165, 1.54) is 0 Å². The largest absolute Gasteiger partial charge is 0.324 e. The molecule has 0 N–H and O–H groups in total. The normalized spacial score (nSPS) is 29.6. The molecule has 4 heteroatoms. The number of carbonyl (C=O) groups is 1. The topological polar surface area (TPSA) is 58.7 Å². The quantitative estimate of drug-likeness (QED) is 0.773. The summed E-state index contributed by atoms with van der Waals surface area (Å²) >= 11 is 0. The Morgan fingerprint density at radius 2 is 2.37 bits per heavy atom. The molecule has 2 heterocycles. The van der Waals surface area contributed by atoms with Crippen LogP contribution in [0.4, 0.5) is 0 Å². The van der Waals surface area contributed by atoms with Gasteiger partial charge in [-0.15, -0.1) is 0 Å². The fraction of sp³-hybridized carbons (Fsp3) is 0.400. The number of aromatic nitrogens is 2. The van der Waals surface area contributed by atoms with Gasteiger partial charge in [-0.2, -0.15) is 5.26 Å². The molecule has 3 atom stereocenters. The lowest BCUT2D eigenvalue weighted by Crippen LogP contribution is -2.30. The van der Waals surface area contributed by atoms with Crippen LogP contribution in [0.25, 0.3) is 0 Å². The van der Waals surface area contributed by atoms with E-state index in [4.69, 9.17) is 5.26 Å². The molecule has 1 aliphatic carbocycles. The maximum absolute atomic E-state index is 11.8. The summed E-state index contributed by atoms with van der Waals surface area (Å²) in [6.45, 7) is 2.12. The van der Waals surface area contributed by atoms with Gasteiger partial charge in [-0.3, -0.25) is 4.79 Å². The summed E-state index contributed by atoms with van der Waals surface area (Å²) in [5.74, 6) is 0.792. The Bertz CT molecular complexity index is 618. The maximum Gasteiger partial charge on any atom is 0.180 e. The number of carbonyl (C=O) groups excluding carboxylic acids is 1. The second kappa shape index (κ2) is 4.51. The van der Waals surface area contributed by atoms with Crippen LogP contribution in [-0.2, 0) is 0 Å². The van der Waals surface area contributed by atoms with Crippen LogP contribution in [0, 0.1) is 23.2 Å². The number of imidazole rings is 1. The monoisotopic (exact) mass is 253 g/mol. The van der Waals surface area contributed by atoms with Gasteiger partial charge in [-0.25, -0.2) is 4.98 Å². The molecule has 0 aromatic carbocycles. The summed E-state index contributed by atoms with van der Waals surface area (Å²) < 4.78 is 2.00. The zero-order chi connectivity index (χ0) is 13.4. The number of allylic oxidation sites excluding steroid dienone is 4. The highest BCUT2D eigenvalue weighted by Gasteiger charge is 2.33. The standard InChI is InChI=1S/C15H15N3O/c1-10-6-11(7-16)2-3-12(10)13-4-5-15(19)14-8-17-9-18(13)14/h2-3,6,8-10,12-13H,4-5H2,1H3. The van der Waals surface area contributed by atoms with Crippen LogP contribution < -0.4 is 0 Å². The van der Waals surface area contributed by atoms with Crippen LogP contribution in [0.1, 0.15) is 36.3 Å². The van der Waals surface area contributed by atoms with Gasteiger partial charge >= 0.3 is 0 Å². The number of fused-ring (bicyclic) bond motifs is 1. The molecule has 2 aliphatic rings. The molecule has 1 aliphatic heterocycles. The van der Waals surface area contributed by atoms with Crippen LogP contribution in [0.5, 0.6) is 0 Å². The summed E-state index contributed by atoms with van der Waals surface area (Å²) in [7, 11) is 0. The predicted molar refractivity (Wildman–Crippen MR) is 70.3 cm³/mol. The van der Waals surface area contributed by atoms with Crippen molar-refractivity contribution in [2.75, 3.05) is 0 Å². The molecule has 3 unspecified atom stereocenters. The molecule has 0 fully saturated rings. The van der Waals surface area contributed by atoms with Gasteiger partial charge in [0.15, 0.2) is 5.78 Å². The molecule has 1 aromatic rings. The number of rotatable bonds is 1. The van der Waals surface area contributed by atoms with Crippen molar-refractivity contribution in [2.45, 2.75) is 25.8 Å². The molecule has 0 bridgehead atoms. The van der Waals surface area contributed by atoms with Gasteiger partial charge in [0.05, 0.1) is 18.6 Å². The number of nitriles is 1. The zero-order valence-electron chi connectivity index (χ0n) is 10.8. The highest BCUT2D eigenvalue weighted by Crippen LogP contribution is 2.38. The molecule has 96 valence electrons. The second-order valence-corrected chi connectivity index (χ2v) is 5.24. The fourth-order valence-corrected chi connectivity index (χ4v) is 3.10. The van der Waals surface area contributed by atoms with Crippen molar-refractivity contribution in [1.29, 1.82) is 5.26 Å². The van der Waals surface area contributed by atoms with Crippen molar-refractivity contribution in [2.24, 2.45) is 11.8 Å².